The first-order chi connectivity index (χ1) is 10.1. The zero-order chi connectivity index (χ0) is 15.4. The van der Waals surface area contributed by atoms with Crippen LogP contribution in [0.1, 0.15) is 35.7 Å². The Morgan fingerprint density at radius 1 is 1.52 bits per heavy atom. The van der Waals surface area contributed by atoms with Crippen molar-refractivity contribution in [3.63, 3.8) is 0 Å². The lowest BCUT2D eigenvalue weighted by Crippen LogP contribution is -2.42. The molecule has 5 heteroatoms. The fourth-order valence-electron chi connectivity index (χ4n) is 2.64. The molecule has 1 aliphatic rings. The van der Waals surface area contributed by atoms with Crippen LogP contribution in [-0.2, 0) is 4.74 Å². The van der Waals surface area contributed by atoms with E-state index in [0.29, 0.717) is 24.6 Å². The van der Waals surface area contributed by atoms with Crippen molar-refractivity contribution in [1.29, 1.82) is 0 Å². The number of anilines is 1. The number of nitrogens with one attached hydrogen (secondary N) is 1. The molecule has 0 aromatic heterocycles. The van der Waals surface area contributed by atoms with E-state index in [4.69, 9.17) is 10.6 Å². The number of hydrazine groups is 1. The zero-order valence-electron chi connectivity index (χ0n) is 13.1. The predicted molar refractivity (Wildman–Crippen MR) is 84.1 cm³/mol. The highest BCUT2D eigenvalue weighted by atomic mass is 16.5. The third-order valence-corrected chi connectivity index (χ3v) is 4.22. The molecule has 0 bridgehead atoms. The normalized spacial score (nSPS) is 15.6. The zero-order valence-corrected chi connectivity index (χ0v) is 13.1. The van der Waals surface area contributed by atoms with Gasteiger partial charge < -0.3 is 15.1 Å². The first-order valence-corrected chi connectivity index (χ1v) is 7.45. The number of nitrogens with two attached hydrogens (primary N) is 1. The minimum Gasteiger partial charge on any atom is -0.383 e. The van der Waals surface area contributed by atoms with E-state index in [2.05, 4.69) is 12.3 Å². The maximum atomic E-state index is 12.8. The quantitative estimate of drug-likeness (QED) is 0.597. The molecule has 1 aromatic rings. The van der Waals surface area contributed by atoms with Gasteiger partial charge >= 0.3 is 0 Å². The maximum absolute atomic E-state index is 12.8. The molecule has 2 rings (SSSR count). The summed E-state index contributed by atoms with van der Waals surface area (Å²) in [5, 5.41) is 0. The number of ether oxygens (including phenoxy) is 1. The van der Waals surface area contributed by atoms with Gasteiger partial charge in [0.1, 0.15) is 0 Å². The largest absolute Gasteiger partial charge is 0.383 e. The highest BCUT2D eigenvalue weighted by Crippen LogP contribution is 2.35. The van der Waals surface area contributed by atoms with E-state index in [-0.39, 0.29) is 11.9 Å². The van der Waals surface area contributed by atoms with Gasteiger partial charge in [-0.25, -0.2) is 0 Å². The molecule has 1 amide bonds. The van der Waals surface area contributed by atoms with Crippen LogP contribution < -0.4 is 11.3 Å². The van der Waals surface area contributed by atoms with Crippen LogP contribution in [0, 0.1) is 12.8 Å². The number of rotatable bonds is 7. The minimum atomic E-state index is 0.0677. The third kappa shape index (κ3) is 3.74. The Labute approximate surface area is 126 Å². The van der Waals surface area contributed by atoms with E-state index < -0.39 is 0 Å². The van der Waals surface area contributed by atoms with Crippen molar-refractivity contribution in [1.82, 2.24) is 4.90 Å². The smallest absolute Gasteiger partial charge is 0.254 e. The molecule has 0 spiro atoms. The molecule has 1 aromatic carbocycles. The molecule has 0 aliphatic heterocycles. The number of amides is 1. The lowest BCUT2D eigenvalue weighted by atomic mass is 10.1. The van der Waals surface area contributed by atoms with E-state index in [9.17, 15) is 4.79 Å². The molecule has 21 heavy (non-hydrogen) atoms. The van der Waals surface area contributed by atoms with Gasteiger partial charge in [0.25, 0.3) is 5.91 Å². The molecule has 0 saturated heterocycles. The van der Waals surface area contributed by atoms with Crippen molar-refractivity contribution in [2.75, 3.05) is 25.7 Å². The Kier molecular flexibility index (Phi) is 5.20. The van der Waals surface area contributed by atoms with Gasteiger partial charge in [0, 0.05) is 25.3 Å². The van der Waals surface area contributed by atoms with Crippen molar-refractivity contribution >= 4 is 11.6 Å². The number of hydrogen-bond acceptors (Lipinski definition) is 4. The Balaban J connectivity index is 2.18. The van der Waals surface area contributed by atoms with E-state index in [1.54, 1.807) is 7.11 Å². The molecular weight excluding hydrogens is 266 g/mol. The lowest BCUT2D eigenvalue weighted by molar-refractivity contribution is 0.0594. The number of methoxy groups -OCH3 is 1. The summed E-state index contributed by atoms with van der Waals surface area (Å²) < 4.78 is 5.15. The molecule has 0 heterocycles. The summed E-state index contributed by atoms with van der Waals surface area (Å²) in [7, 11) is 1.66. The Morgan fingerprint density at radius 2 is 2.24 bits per heavy atom. The summed E-state index contributed by atoms with van der Waals surface area (Å²) in [4.78, 5) is 14.7. The van der Waals surface area contributed by atoms with Crippen LogP contribution in [0.15, 0.2) is 18.2 Å². The standard InChI is InChI=1S/C16H25N3O2/c1-11-10-14(6-7-15(11)18-17)16(20)19(8-9-21-3)12(2)13-4-5-13/h6-7,10,12-13,18H,4-5,8-9,17H2,1-3H3. The van der Waals surface area contributed by atoms with Crippen molar-refractivity contribution < 1.29 is 9.53 Å². The molecule has 1 aliphatic carbocycles. The molecular formula is C16H25N3O2. The van der Waals surface area contributed by atoms with E-state index in [1.165, 1.54) is 12.8 Å². The van der Waals surface area contributed by atoms with Gasteiger partial charge in [-0.15, -0.1) is 0 Å². The van der Waals surface area contributed by atoms with Crippen LogP contribution in [0.4, 0.5) is 5.69 Å². The van der Waals surface area contributed by atoms with Gasteiger partial charge in [-0.05, 0) is 56.4 Å². The number of benzene rings is 1. The van der Waals surface area contributed by atoms with Crippen molar-refractivity contribution in [3.8, 4) is 0 Å². The highest BCUT2D eigenvalue weighted by Gasteiger charge is 2.34. The molecule has 1 saturated carbocycles. The predicted octanol–water partition coefficient (Wildman–Crippen LogP) is 2.17. The average Bonchev–Trinajstić information content (AvgIpc) is 3.31. The Bertz CT molecular complexity index is 500. The Hall–Kier alpha value is -1.59. The first-order valence-electron chi connectivity index (χ1n) is 7.45. The minimum absolute atomic E-state index is 0.0677. The van der Waals surface area contributed by atoms with Gasteiger partial charge in [0.15, 0.2) is 0 Å². The maximum Gasteiger partial charge on any atom is 0.254 e. The molecule has 1 atom stereocenters. The van der Waals surface area contributed by atoms with Crippen LogP contribution in [0.5, 0.6) is 0 Å². The molecule has 1 unspecified atom stereocenters. The molecule has 0 radical (unpaired) electrons. The van der Waals surface area contributed by atoms with Crippen LogP contribution >= 0.6 is 0 Å². The topological polar surface area (TPSA) is 67.6 Å². The molecule has 1 fully saturated rings. The lowest BCUT2D eigenvalue weighted by Gasteiger charge is -2.29. The number of carbonyl (C=O) groups is 1. The second-order valence-electron chi connectivity index (χ2n) is 5.74. The average molecular weight is 291 g/mol. The fourth-order valence-corrected chi connectivity index (χ4v) is 2.64. The number of nitrogens with zero attached hydrogens (tertiary/aromatic N) is 1. The third-order valence-electron chi connectivity index (χ3n) is 4.22. The number of aryl methyl sites for hydroxylation is 1. The fraction of sp³-hybridized carbons (Fsp3) is 0.562. The van der Waals surface area contributed by atoms with Crippen LogP contribution in [-0.4, -0.2) is 37.1 Å². The highest BCUT2D eigenvalue weighted by molar-refractivity contribution is 5.95. The summed E-state index contributed by atoms with van der Waals surface area (Å²) in [5.41, 5.74) is 5.14. The van der Waals surface area contributed by atoms with Crippen molar-refractivity contribution in [2.24, 2.45) is 11.8 Å². The monoisotopic (exact) mass is 291 g/mol. The summed E-state index contributed by atoms with van der Waals surface area (Å²) >= 11 is 0. The second-order valence-corrected chi connectivity index (χ2v) is 5.74. The summed E-state index contributed by atoms with van der Waals surface area (Å²) in [6.07, 6.45) is 2.43. The number of nitrogen functional groups attached to an aromatic ring is 1. The van der Waals surface area contributed by atoms with Gasteiger partial charge in [0.05, 0.1) is 12.3 Å². The first kappa shape index (κ1) is 15.8. The molecule has 5 nitrogen and oxygen atoms in total. The van der Waals surface area contributed by atoms with Gasteiger partial charge in [0.2, 0.25) is 0 Å². The second kappa shape index (κ2) is 6.91. The Morgan fingerprint density at radius 3 is 2.76 bits per heavy atom. The van der Waals surface area contributed by atoms with E-state index in [0.717, 1.165) is 11.3 Å². The van der Waals surface area contributed by atoms with Crippen molar-refractivity contribution in [3.05, 3.63) is 29.3 Å². The molecule has 116 valence electrons. The molecule has 3 N–H and O–H groups in total. The van der Waals surface area contributed by atoms with Gasteiger partial charge in [-0.3, -0.25) is 10.6 Å². The van der Waals surface area contributed by atoms with E-state index >= 15 is 0 Å². The SMILES string of the molecule is COCCN(C(=O)c1ccc(NN)c(C)c1)C(C)C1CC1. The van der Waals surface area contributed by atoms with Gasteiger partial charge in [-0.1, -0.05) is 0 Å². The number of carbonyl (C=O) groups excluding carboxylic acids is 1. The summed E-state index contributed by atoms with van der Waals surface area (Å²) in [5.74, 6) is 6.14. The van der Waals surface area contributed by atoms with Crippen LogP contribution in [0.25, 0.3) is 0 Å². The van der Waals surface area contributed by atoms with E-state index in [1.807, 2.05) is 30.0 Å². The van der Waals surface area contributed by atoms with Crippen LogP contribution in [0.2, 0.25) is 0 Å². The summed E-state index contributed by atoms with van der Waals surface area (Å²) in [6.45, 7) is 5.26. The van der Waals surface area contributed by atoms with Gasteiger partial charge in [-0.2, -0.15) is 0 Å². The van der Waals surface area contributed by atoms with Crippen LogP contribution in [0.3, 0.4) is 0 Å². The number of hydrogen-bond donors (Lipinski definition) is 2. The summed E-state index contributed by atoms with van der Waals surface area (Å²) in [6, 6.07) is 5.82. The van der Waals surface area contributed by atoms with Crippen molar-refractivity contribution in [2.45, 2.75) is 32.7 Å².